The van der Waals surface area contributed by atoms with Crippen molar-refractivity contribution in [3.8, 4) is 23.0 Å². The maximum absolute atomic E-state index is 5.88. The summed E-state index contributed by atoms with van der Waals surface area (Å²) in [6.07, 6.45) is 1.57. The molecule has 0 atom stereocenters. The van der Waals surface area contributed by atoms with Crippen LogP contribution in [0.4, 0.5) is 0 Å². The molecular weight excluding hydrogens is 294 g/mol. The fourth-order valence-corrected chi connectivity index (χ4v) is 2.53. The fourth-order valence-electron chi connectivity index (χ4n) is 2.53. The number of rotatable bonds is 4. The Hall–Kier alpha value is -2.82. The number of fused-ring (bicyclic) bond motifs is 1. The smallest absolute Gasteiger partial charge is 0.161 e. The Morgan fingerprint density at radius 3 is 2.17 bits per heavy atom. The largest absolute Gasteiger partial charge is 0.497 e. The van der Waals surface area contributed by atoms with Gasteiger partial charge < -0.3 is 24.7 Å². The van der Waals surface area contributed by atoms with Crippen LogP contribution >= 0.6 is 0 Å². The van der Waals surface area contributed by atoms with E-state index >= 15 is 0 Å². The molecule has 3 rings (SSSR count). The van der Waals surface area contributed by atoms with E-state index in [0.717, 1.165) is 28.2 Å². The monoisotopic (exact) mass is 313 g/mol. The van der Waals surface area contributed by atoms with Crippen molar-refractivity contribution in [2.75, 3.05) is 27.4 Å². The van der Waals surface area contributed by atoms with E-state index < -0.39 is 0 Å². The fraction of sp³-hybridized carbons (Fsp3) is 0.222. The third kappa shape index (κ3) is 3.04. The van der Waals surface area contributed by atoms with E-state index in [9.17, 15) is 0 Å². The lowest BCUT2D eigenvalue weighted by Gasteiger charge is -2.19. The molecule has 23 heavy (non-hydrogen) atoms. The lowest BCUT2D eigenvalue weighted by molar-refractivity contribution is 0.171. The van der Waals surface area contributed by atoms with Crippen molar-refractivity contribution in [2.45, 2.75) is 0 Å². The summed E-state index contributed by atoms with van der Waals surface area (Å²) in [5.74, 6) is 2.88. The number of benzene rings is 2. The molecule has 120 valence electrons. The van der Waals surface area contributed by atoms with Crippen molar-refractivity contribution in [1.29, 1.82) is 0 Å². The van der Waals surface area contributed by atoms with Gasteiger partial charge in [-0.2, -0.15) is 0 Å². The second-order valence-corrected chi connectivity index (χ2v) is 5.04. The molecule has 0 saturated carbocycles. The summed E-state index contributed by atoms with van der Waals surface area (Å²) in [4.78, 5) is 0. The summed E-state index contributed by atoms with van der Waals surface area (Å²) in [6, 6.07) is 11.4. The van der Waals surface area contributed by atoms with Gasteiger partial charge in [0.05, 0.1) is 14.2 Å². The lowest BCUT2D eigenvalue weighted by atomic mass is 9.98. The number of nitrogens with two attached hydrogens (primary N) is 1. The van der Waals surface area contributed by atoms with Gasteiger partial charge in [-0.25, -0.2) is 0 Å². The minimum atomic E-state index is 0.547. The van der Waals surface area contributed by atoms with E-state index in [2.05, 4.69) is 0 Å². The number of methoxy groups -OCH3 is 2. The van der Waals surface area contributed by atoms with Crippen molar-refractivity contribution in [3.05, 3.63) is 53.7 Å². The van der Waals surface area contributed by atoms with Crippen LogP contribution in [0.15, 0.2) is 42.6 Å². The van der Waals surface area contributed by atoms with Crippen LogP contribution in [0.5, 0.6) is 23.0 Å². The Morgan fingerprint density at radius 2 is 1.57 bits per heavy atom. The van der Waals surface area contributed by atoms with Gasteiger partial charge in [0.1, 0.15) is 24.7 Å². The molecule has 1 aliphatic heterocycles. The van der Waals surface area contributed by atoms with E-state index in [4.69, 9.17) is 24.7 Å². The highest BCUT2D eigenvalue weighted by Gasteiger charge is 2.15. The average molecular weight is 313 g/mol. The molecule has 0 aromatic heterocycles. The lowest BCUT2D eigenvalue weighted by Crippen LogP contribution is -2.15. The molecule has 0 bridgehead atoms. The van der Waals surface area contributed by atoms with E-state index in [1.54, 1.807) is 20.4 Å². The van der Waals surface area contributed by atoms with E-state index in [1.165, 1.54) is 0 Å². The standard InChI is InChI=1S/C18H19NO4/c1-20-14-7-13(8-15(10-14)21-2)16(11-19)12-3-4-17-18(9-12)23-6-5-22-17/h3-4,7-11H,5-6,19H2,1-2H3/b16-11+. The van der Waals surface area contributed by atoms with Crippen LogP contribution in [0.25, 0.3) is 5.57 Å². The topological polar surface area (TPSA) is 62.9 Å². The Bertz CT molecular complexity index is 718. The zero-order valence-electron chi connectivity index (χ0n) is 13.2. The van der Waals surface area contributed by atoms with Crippen molar-refractivity contribution < 1.29 is 18.9 Å². The van der Waals surface area contributed by atoms with Crippen LogP contribution in [0.2, 0.25) is 0 Å². The molecule has 0 unspecified atom stereocenters. The molecule has 2 aromatic rings. The molecule has 5 nitrogen and oxygen atoms in total. The van der Waals surface area contributed by atoms with Gasteiger partial charge >= 0.3 is 0 Å². The molecule has 1 heterocycles. The SMILES string of the molecule is COc1cc(OC)cc(/C(=C/N)c2ccc3c(c2)OCCO3)c1. The Balaban J connectivity index is 2.03. The van der Waals surface area contributed by atoms with E-state index in [1.807, 2.05) is 36.4 Å². The molecular formula is C18H19NO4. The van der Waals surface area contributed by atoms with Gasteiger partial charge in [0.25, 0.3) is 0 Å². The summed E-state index contributed by atoms with van der Waals surface area (Å²) in [5, 5.41) is 0. The Morgan fingerprint density at radius 1 is 0.913 bits per heavy atom. The van der Waals surface area contributed by atoms with Crippen molar-refractivity contribution >= 4 is 5.57 Å². The maximum atomic E-state index is 5.88. The van der Waals surface area contributed by atoms with Crippen molar-refractivity contribution in [3.63, 3.8) is 0 Å². The van der Waals surface area contributed by atoms with Gasteiger partial charge in [-0.3, -0.25) is 0 Å². The summed E-state index contributed by atoms with van der Waals surface area (Å²) in [6.45, 7) is 1.12. The molecule has 0 amide bonds. The third-order valence-corrected chi connectivity index (χ3v) is 3.68. The minimum absolute atomic E-state index is 0.547. The van der Waals surface area contributed by atoms with E-state index in [0.29, 0.717) is 24.7 Å². The number of ether oxygens (including phenoxy) is 4. The van der Waals surface area contributed by atoms with E-state index in [-0.39, 0.29) is 0 Å². The zero-order chi connectivity index (χ0) is 16.2. The predicted octanol–water partition coefficient (Wildman–Crippen LogP) is 2.82. The molecule has 2 aromatic carbocycles. The second-order valence-electron chi connectivity index (χ2n) is 5.04. The molecule has 0 radical (unpaired) electrons. The first-order chi connectivity index (χ1) is 11.2. The molecule has 2 N–H and O–H groups in total. The normalized spacial score (nSPS) is 13.6. The zero-order valence-corrected chi connectivity index (χ0v) is 13.2. The average Bonchev–Trinajstić information content (AvgIpc) is 2.62. The first-order valence-corrected chi connectivity index (χ1v) is 7.30. The van der Waals surface area contributed by atoms with Gasteiger partial charge in [0.15, 0.2) is 11.5 Å². The van der Waals surface area contributed by atoms with Gasteiger partial charge in [-0.15, -0.1) is 0 Å². The highest BCUT2D eigenvalue weighted by molar-refractivity contribution is 5.81. The van der Waals surface area contributed by atoms with Gasteiger partial charge in [0.2, 0.25) is 0 Å². The highest BCUT2D eigenvalue weighted by atomic mass is 16.6. The predicted molar refractivity (Wildman–Crippen MR) is 88.2 cm³/mol. The first-order valence-electron chi connectivity index (χ1n) is 7.30. The van der Waals surface area contributed by atoms with Gasteiger partial charge in [-0.1, -0.05) is 6.07 Å². The quantitative estimate of drug-likeness (QED) is 0.940. The molecule has 0 saturated heterocycles. The van der Waals surface area contributed by atoms with Gasteiger partial charge in [0, 0.05) is 17.8 Å². The van der Waals surface area contributed by atoms with Crippen LogP contribution in [0.1, 0.15) is 11.1 Å². The molecule has 0 spiro atoms. The van der Waals surface area contributed by atoms with Crippen LogP contribution in [-0.2, 0) is 0 Å². The first kappa shape index (κ1) is 15.1. The highest BCUT2D eigenvalue weighted by Crippen LogP contribution is 2.36. The van der Waals surface area contributed by atoms with Crippen LogP contribution < -0.4 is 24.7 Å². The second kappa shape index (κ2) is 6.52. The van der Waals surface area contributed by atoms with Crippen LogP contribution in [0, 0.1) is 0 Å². The molecule has 5 heteroatoms. The summed E-state index contributed by atoms with van der Waals surface area (Å²) >= 11 is 0. The molecule has 0 fully saturated rings. The van der Waals surface area contributed by atoms with Gasteiger partial charge in [-0.05, 0) is 35.4 Å². The molecule has 1 aliphatic rings. The van der Waals surface area contributed by atoms with Crippen LogP contribution in [-0.4, -0.2) is 27.4 Å². The van der Waals surface area contributed by atoms with Crippen molar-refractivity contribution in [2.24, 2.45) is 5.73 Å². The Labute approximate surface area is 135 Å². The minimum Gasteiger partial charge on any atom is -0.497 e. The number of hydrogen-bond acceptors (Lipinski definition) is 5. The summed E-state index contributed by atoms with van der Waals surface area (Å²) in [5.41, 5.74) is 8.58. The Kier molecular flexibility index (Phi) is 4.28. The third-order valence-electron chi connectivity index (χ3n) is 3.68. The molecule has 0 aliphatic carbocycles. The summed E-state index contributed by atoms with van der Waals surface area (Å²) < 4.78 is 21.8. The number of hydrogen-bond donors (Lipinski definition) is 1. The maximum Gasteiger partial charge on any atom is 0.161 e. The van der Waals surface area contributed by atoms with Crippen molar-refractivity contribution in [1.82, 2.24) is 0 Å². The summed E-state index contributed by atoms with van der Waals surface area (Å²) in [7, 11) is 3.24. The van der Waals surface area contributed by atoms with Crippen LogP contribution in [0.3, 0.4) is 0 Å².